The summed E-state index contributed by atoms with van der Waals surface area (Å²) in [6.45, 7) is 2.94. The number of aromatic nitrogens is 2. The van der Waals surface area contributed by atoms with E-state index >= 15 is 0 Å². The topological polar surface area (TPSA) is 47.0 Å². The highest BCUT2D eigenvalue weighted by molar-refractivity contribution is 14.1. The molecule has 2 rings (SSSR count). The minimum absolute atomic E-state index is 0.255. The van der Waals surface area contributed by atoms with Gasteiger partial charge < -0.3 is 10.1 Å². The largest absolute Gasteiger partial charge is 0.370 e. The molecule has 1 saturated carbocycles. The fourth-order valence-electron chi connectivity index (χ4n) is 2.34. The Labute approximate surface area is 116 Å². The molecule has 0 amide bonds. The van der Waals surface area contributed by atoms with Crippen LogP contribution in [0.15, 0.2) is 6.20 Å². The quantitative estimate of drug-likeness (QED) is 0.851. The van der Waals surface area contributed by atoms with E-state index in [0.29, 0.717) is 0 Å². The van der Waals surface area contributed by atoms with E-state index in [2.05, 4.69) is 44.8 Å². The van der Waals surface area contributed by atoms with Gasteiger partial charge in [0.1, 0.15) is 11.4 Å². The molecule has 0 spiro atoms. The lowest BCUT2D eigenvalue weighted by Gasteiger charge is -2.26. The van der Waals surface area contributed by atoms with Crippen LogP contribution in [0.4, 0.5) is 5.82 Å². The zero-order valence-electron chi connectivity index (χ0n) is 10.3. The zero-order valence-corrected chi connectivity index (χ0v) is 12.5. The first-order chi connectivity index (χ1) is 8.22. The van der Waals surface area contributed by atoms with Gasteiger partial charge in [-0.25, -0.2) is 9.97 Å². The highest BCUT2D eigenvalue weighted by atomic mass is 127. The zero-order chi connectivity index (χ0) is 12.3. The van der Waals surface area contributed by atoms with Gasteiger partial charge in [-0.2, -0.15) is 0 Å². The molecule has 0 unspecified atom stereocenters. The summed E-state index contributed by atoms with van der Waals surface area (Å²) in [6, 6.07) is 0. The van der Waals surface area contributed by atoms with Crippen LogP contribution in [0.2, 0.25) is 0 Å². The Hall–Kier alpha value is -0.430. The van der Waals surface area contributed by atoms with Gasteiger partial charge in [-0.3, -0.25) is 0 Å². The molecule has 1 aliphatic carbocycles. The number of rotatable bonds is 4. The minimum atomic E-state index is -0.255. The molecule has 1 fully saturated rings. The number of ether oxygens (including phenoxy) is 1. The van der Waals surface area contributed by atoms with Gasteiger partial charge in [-0.1, -0.05) is 0 Å². The maximum Gasteiger partial charge on any atom is 0.162 e. The predicted octanol–water partition coefficient (Wildman–Crippen LogP) is 2.93. The second-order valence-electron chi connectivity index (χ2n) is 4.33. The molecule has 1 N–H and O–H groups in total. The third kappa shape index (κ3) is 2.54. The average Bonchev–Trinajstić information content (AvgIpc) is 2.82. The first-order valence-electron chi connectivity index (χ1n) is 6.04. The van der Waals surface area contributed by atoms with Crippen molar-refractivity contribution in [1.82, 2.24) is 9.97 Å². The first-order valence-corrected chi connectivity index (χ1v) is 7.12. The molecular weight excluding hydrogens is 329 g/mol. The molecule has 0 bridgehead atoms. The van der Waals surface area contributed by atoms with E-state index in [-0.39, 0.29) is 5.60 Å². The van der Waals surface area contributed by atoms with E-state index in [9.17, 15) is 0 Å². The van der Waals surface area contributed by atoms with Crippen LogP contribution in [0.5, 0.6) is 0 Å². The monoisotopic (exact) mass is 347 g/mol. The lowest BCUT2D eigenvalue weighted by Crippen LogP contribution is -2.27. The van der Waals surface area contributed by atoms with Crippen LogP contribution in [0.1, 0.15) is 38.4 Å². The van der Waals surface area contributed by atoms with Gasteiger partial charge in [0.05, 0.1) is 3.57 Å². The van der Waals surface area contributed by atoms with E-state index in [0.717, 1.165) is 34.6 Å². The summed E-state index contributed by atoms with van der Waals surface area (Å²) in [5, 5.41) is 3.27. The summed E-state index contributed by atoms with van der Waals surface area (Å²) in [5.74, 6) is 1.75. The summed E-state index contributed by atoms with van der Waals surface area (Å²) in [6.07, 6.45) is 6.31. The molecule has 0 atom stereocenters. The van der Waals surface area contributed by atoms with Crippen LogP contribution in [-0.4, -0.2) is 23.6 Å². The standard InChI is InChI=1S/C12H18IN3O/c1-3-14-10-9(13)8-15-11(16-10)12(17-2)6-4-5-7-12/h8H,3-7H2,1-2H3,(H,14,15,16). The van der Waals surface area contributed by atoms with E-state index < -0.39 is 0 Å². The van der Waals surface area contributed by atoms with Crippen molar-refractivity contribution in [2.45, 2.75) is 38.2 Å². The van der Waals surface area contributed by atoms with Gasteiger partial charge in [-0.05, 0) is 55.2 Å². The van der Waals surface area contributed by atoms with Crippen LogP contribution in [-0.2, 0) is 10.3 Å². The Balaban J connectivity index is 2.34. The Morgan fingerprint density at radius 3 is 2.76 bits per heavy atom. The van der Waals surface area contributed by atoms with Crippen molar-refractivity contribution >= 4 is 28.4 Å². The summed E-state index contributed by atoms with van der Waals surface area (Å²) in [4.78, 5) is 9.09. The predicted molar refractivity (Wildman–Crippen MR) is 76.1 cm³/mol. The maximum atomic E-state index is 5.70. The van der Waals surface area contributed by atoms with Crippen molar-refractivity contribution in [2.24, 2.45) is 0 Å². The number of hydrogen-bond donors (Lipinski definition) is 1. The average molecular weight is 347 g/mol. The van der Waals surface area contributed by atoms with Gasteiger partial charge in [0, 0.05) is 19.9 Å². The number of halogens is 1. The summed E-state index contributed by atoms with van der Waals surface area (Å²) in [7, 11) is 1.76. The molecule has 17 heavy (non-hydrogen) atoms. The number of anilines is 1. The van der Waals surface area contributed by atoms with Crippen LogP contribution >= 0.6 is 22.6 Å². The second kappa shape index (κ2) is 5.48. The lowest BCUT2D eigenvalue weighted by atomic mass is 10.0. The smallest absolute Gasteiger partial charge is 0.162 e. The molecule has 0 radical (unpaired) electrons. The van der Waals surface area contributed by atoms with Crippen molar-refractivity contribution in [1.29, 1.82) is 0 Å². The molecule has 4 nitrogen and oxygen atoms in total. The molecule has 0 aromatic carbocycles. The highest BCUT2D eigenvalue weighted by Gasteiger charge is 2.38. The third-order valence-corrected chi connectivity index (χ3v) is 4.09. The number of nitrogens with one attached hydrogen (secondary N) is 1. The normalized spacial score (nSPS) is 18.3. The van der Waals surface area contributed by atoms with Gasteiger partial charge in [0.15, 0.2) is 5.82 Å². The molecule has 1 aromatic heterocycles. The number of hydrogen-bond acceptors (Lipinski definition) is 4. The molecular formula is C12H18IN3O. The Morgan fingerprint density at radius 1 is 1.47 bits per heavy atom. The van der Waals surface area contributed by atoms with E-state index in [1.54, 1.807) is 7.11 Å². The van der Waals surface area contributed by atoms with Crippen molar-refractivity contribution < 1.29 is 4.74 Å². The Bertz CT molecular complexity index is 391. The van der Waals surface area contributed by atoms with Crippen LogP contribution < -0.4 is 5.32 Å². The summed E-state index contributed by atoms with van der Waals surface area (Å²) < 4.78 is 6.76. The maximum absolute atomic E-state index is 5.70. The summed E-state index contributed by atoms with van der Waals surface area (Å²) >= 11 is 2.25. The molecule has 5 heteroatoms. The molecule has 1 heterocycles. The van der Waals surface area contributed by atoms with E-state index in [1.807, 2.05) is 6.20 Å². The van der Waals surface area contributed by atoms with E-state index in [1.165, 1.54) is 12.8 Å². The number of methoxy groups -OCH3 is 1. The fourth-order valence-corrected chi connectivity index (χ4v) is 2.79. The molecule has 1 aliphatic rings. The van der Waals surface area contributed by atoms with Crippen molar-refractivity contribution in [3.05, 3.63) is 15.6 Å². The molecule has 1 aromatic rings. The van der Waals surface area contributed by atoms with Crippen molar-refractivity contribution in [2.75, 3.05) is 19.0 Å². The third-order valence-electron chi connectivity index (χ3n) is 3.30. The van der Waals surface area contributed by atoms with Gasteiger partial charge in [0.2, 0.25) is 0 Å². The SMILES string of the molecule is CCNc1nc(C2(OC)CCCC2)ncc1I. The highest BCUT2D eigenvalue weighted by Crippen LogP contribution is 2.40. The lowest BCUT2D eigenvalue weighted by molar-refractivity contribution is -0.0162. The molecule has 0 saturated heterocycles. The van der Waals surface area contributed by atoms with Crippen molar-refractivity contribution in [3.8, 4) is 0 Å². The fraction of sp³-hybridized carbons (Fsp3) is 0.667. The van der Waals surface area contributed by atoms with Gasteiger partial charge >= 0.3 is 0 Å². The number of nitrogens with zero attached hydrogens (tertiary/aromatic N) is 2. The Kier molecular flexibility index (Phi) is 4.19. The van der Waals surface area contributed by atoms with Gasteiger partial charge in [0.25, 0.3) is 0 Å². The van der Waals surface area contributed by atoms with Crippen molar-refractivity contribution in [3.63, 3.8) is 0 Å². The molecule has 0 aliphatic heterocycles. The second-order valence-corrected chi connectivity index (χ2v) is 5.49. The Morgan fingerprint density at radius 2 is 2.18 bits per heavy atom. The summed E-state index contributed by atoms with van der Waals surface area (Å²) in [5.41, 5.74) is -0.255. The van der Waals surface area contributed by atoms with Gasteiger partial charge in [-0.15, -0.1) is 0 Å². The van der Waals surface area contributed by atoms with Crippen LogP contribution in [0.3, 0.4) is 0 Å². The molecule has 94 valence electrons. The van der Waals surface area contributed by atoms with E-state index in [4.69, 9.17) is 4.74 Å². The van der Waals surface area contributed by atoms with Crippen LogP contribution in [0.25, 0.3) is 0 Å². The van der Waals surface area contributed by atoms with Crippen LogP contribution in [0, 0.1) is 3.57 Å². The first kappa shape index (κ1) is 13.0. The minimum Gasteiger partial charge on any atom is -0.370 e.